The molecule has 2 nitrogen and oxygen atoms in total. The van der Waals surface area contributed by atoms with E-state index in [2.05, 4.69) is 45.3 Å². The highest BCUT2D eigenvalue weighted by Crippen LogP contribution is 2.30. The zero-order valence-electron chi connectivity index (χ0n) is 13.7. The van der Waals surface area contributed by atoms with Crippen LogP contribution in [-0.4, -0.2) is 11.0 Å². The van der Waals surface area contributed by atoms with Crippen LogP contribution in [0.1, 0.15) is 71.0 Å². The van der Waals surface area contributed by atoms with Crippen molar-refractivity contribution < 1.29 is 0 Å². The van der Waals surface area contributed by atoms with Crippen LogP contribution in [0, 0.1) is 11.8 Å². The summed E-state index contributed by atoms with van der Waals surface area (Å²) >= 11 is 1.80. The molecule has 0 saturated heterocycles. The summed E-state index contributed by atoms with van der Waals surface area (Å²) in [5.74, 6) is 1.63. The van der Waals surface area contributed by atoms with E-state index in [9.17, 15) is 0 Å². The van der Waals surface area contributed by atoms with Crippen molar-refractivity contribution in [2.45, 2.75) is 78.3 Å². The number of nitrogens with zero attached hydrogens (tertiary/aromatic N) is 1. The molecule has 1 fully saturated rings. The van der Waals surface area contributed by atoms with Gasteiger partial charge in [0.2, 0.25) is 0 Å². The highest BCUT2D eigenvalue weighted by Gasteiger charge is 2.27. The van der Waals surface area contributed by atoms with Crippen molar-refractivity contribution in [3.8, 4) is 0 Å². The Hall–Kier alpha value is -0.410. The van der Waals surface area contributed by atoms with E-state index in [1.54, 1.807) is 11.3 Å². The van der Waals surface area contributed by atoms with Crippen molar-refractivity contribution in [3.63, 3.8) is 0 Å². The Kier molecular flexibility index (Phi) is 5.25. The normalized spacial score (nSPS) is 24.3. The van der Waals surface area contributed by atoms with Crippen LogP contribution >= 0.6 is 11.3 Å². The topological polar surface area (TPSA) is 24.9 Å². The first-order valence-electron chi connectivity index (χ1n) is 8.06. The highest BCUT2D eigenvalue weighted by molar-refractivity contribution is 7.09. The Morgan fingerprint density at radius 2 is 2.00 bits per heavy atom. The molecule has 1 heterocycles. The monoisotopic (exact) mass is 294 g/mol. The van der Waals surface area contributed by atoms with Gasteiger partial charge in [0.1, 0.15) is 5.01 Å². The summed E-state index contributed by atoms with van der Waals surface area (Å²) in [6.07, 6.45) is 5.51. The molecule has 1 aliphatic rings. The van der Waals surface area contributed by atoms with Gasteiger partial charge < -0.3 is 5.32 Å². The number of aromatic nitrogens is 1. The molecule has 0 spiro atoms. The standard InChI is InChI=1S/C17H30N2S/c1-12(2)13-8-6-7-9-14(13)18-10-16-19-15(11-20-16)17(3,4)5/h11-14,18H,6-10H2,1-5H3. The van der Waals surface area contributed by atoms with E-state index in [-0.39, 0.29) is 5.41 Å². The summed E-state index contributed by atoms with van der Waals surface area (Å²) < 4.78 is 0. The van der Waals surface area contributed by atoms with E-state index in [4.69, 9.17) is 4.98 Å². The predicted octanol–water partition coefficient (Wildman–Crippen LogP) is 4.75. The molecule has 1 aromatic rings. The van der Waals surface area contributed by atoms with Gasteiger partial charge in [0.05, 0.1) is 5.69 Å². The average molecular weight is 295 g/mol. The van der Waals surface area contributed by atoms with Crippen molar-refractivity contribution in [1.82, 2.24) is 10.3 Å². The molecule has 0 amide bonds. The first-order valence-corrected chi connectivity index (χ1v) is 8.94. The Balaban J connectivity index is 1.92. The van der Waals surface area contributed by atoms with Crippen LogP contribution in [0.4, 0.5) is 0 Å². The lowest BCUT2D eigenvalue weighted by Crippen LogP contribution is -2.40. The first-order chi connectivity index (χ1) is 9.38. The third kappa shape index (κ3) is 4.05. The molecule has 1 saturated carbocycles. The molecule has 2 atom stereocenters. The van der Waals surface area contributed by atoms with E-state index < -0.39 is 0 Å². The minimum atomic E-state index is 0.167. The van der Waals surface area contributed by atoms with Crippen LogP contribution in [0.2, 0.25) is 0 Å². The third-order valence-corrected chi connectivity index (χ3v) is 5.36. The van der Waals surface area contributed by atoms with Gasteiger partial charge in [-0.25, -0.2) is 4.98 Å². The molecule has 3 heteroatoms. The van der Waals surface area contributed by atoms with Crippen molar-refractivity contribution in [3.05, 3.63) is 16.1 Å². The van der Waals surface area contributed by atoms with E-state index >= 15 is 0 Å². The second-order valence-electron chi connectivity index (χ2n) is 7.56. The van der Waals surface area contributed by atoms with Crippen LogP contribution in [0.15, 0.2) is 5.38 Å². The lowest BCUT2D eigenvalue weighted by Gasteiger charge is -2.35. The molecule has 1 aromatic heterocycles. The van der Waals surface area contributed by atoms with Gasteiger partial charge in [0, 0.05) is 23.4 Å². The fraction of sp³-hybridized carbons (Fsp3) is 0.824. The van der Waals surface area contributed by atoms with Crippen LogP contribution in [0.3, 0.4) is 0 Å². The molecule has 2 unspecified atom stereocenters. The van der Waals surface area contributed by atoms with Crippen LogP contribution in [0.25, 0.3) is 0 Å². The molecule has 0 radical (unpaired) electrons. The van der Waals surface area contributed by atoms with E-state index in [1.165, 1.54) is 36.4 Å². The number of hydrogen-bond donors (Lipinski definition) is 1. The molecular formula is C17H30N2S. The number of rotatable bonds is 4. The fourth-order valence-electron chi connectivity index (χ4n) is 3.17. The molecule has 2 rings (SSSR count). The fourth-order valence-corrected chi connectivity index (χ4v) is 4.14. The van der Waals surface area contributed by atoms with Gasteiger partial charge in [-0.1, -0.05) is 47.5 Å². The van der Waals surface area contributed by atoms with Crippen molar-refractivity contribution in [2.75, 3.05) is 0 Å². The maximum absolute atomic E-state index is 4.79. The maximum Gasteiger partial charge on any atom is 0.107 e. The second-order valence-corrected chi connectivity index (χ2v) is 8.50. The average Bonchev–Trinajstić information content (AvgIpc) is 2.85. The largest absolute Gasteiger partial charge is 0.307 e. The summed E-state index contributed by atoms with van der Waals surface area (Å²) in [6, 6.07) is 0.686. The van der Waals surface area contributed by atoms with Crippen molar-refractivity contribution in [1.29, 1.82) is 0 Å². The zero-order valence-corrected chi connectivity index (χ0v) is 14.5. The van der Waals surface area contributed by atoms with Gasteiger partial charge in [0.25, 0.3) is 0 Å². The van der Waals surface area contributed by atoms with Gasteiger partial charge in [-0.05, 0) is 24.7 Å². The van der Waals surface area contributed by atoms with E-state index in [0.29, 0.717) is 6.04 Å². The molecule has 114 valence electrons. The number of hydrogen-bond acceptors (Lipinski definition) is 3. The van der Waals surface area contributed by atoms with Gasteiger partial charge in [0.15, 0.2) is 0 Å². The summed E-state index contributed by atoms with van der Waals surface area (Å²) in [4.78, 5) is 4.79. The molecule has 0 bridgehead atoms. The van der Waals surface area contributed by atoms with Gasteiger partial charge in [-0.3, -0.25) is 0 Å². The first kappa shape index (κ1) is 16.0. The summed E-state index contributed by atoms with van der Waals surface area (Å²) in [5.41, 5.74) is 1.39. The maximum atomic E-state index is 4.79. The van der Waals surface area contributed by atoms with Crippen LogP contribution in [-0.2, 0) is 12.0 Å². The molecular weight excluding hydrogens is 264 g/mol. The van der Waals surface area contributed by atoms with Crippen molar-refractivity contribution in [2.24, 2.45) is 11.8 Å². The predicted molar refractivity (Wildman–Crippen MR) is 88.2 cm³/mol. The van der Waals surface area contributed by atoms with Crippen LogP contribution < -0.4 is 5.32 Å². The Morgan fingerprint density at radius 3 is 2.60 bits per heavy atom. The lowest BCUT2D eigenvalue weighted by atomic mass is 9.78. The molecule has 20 heavy (non-hydrogen) atoms. The van der Waals surface area contributed by atoms with Gasteiger partial charge in [-0.15, -0.1) is 11.3 Å². The molecule has 1 N–H and O–H groups in total. The van der Waals surface area contributed by atoms with E-state index in [1.807, 2.05) is 0 Å². The summed E-state index contributed by atoms with van der Waals surface area (Å²) in [7, 11) is 0. The molecule has 0 aromatic carbocycles. The Morgan fingerprint density at radius 1 is 1.30 bits per heavy atom. The number of nitrogens with one attached hydrogen (secondary N) is 1. The quantitative estimate of drug-likeness (QED) is 0.867. The minimum absolute atomic E-state index is 0.167. The lowest BCUT2D eigenvalue weighted by molar-refractivity contribution is 0.204. The molecule has 1 aliphatic carbocycles. The molecule has 0 aliphatic heterocycles. The summed E-state index contributed by atoms with van der Waals surface area (Å²) in [5, 5.41) is 7.24. The van der Waals surface area contributed by atoms with Crippen LogP contribution in [0.5, 0.6) is 0 Å². The van der Waals surface area contributed by atoms with Gasteiger partial charge in [-0.2, -0.15) is 0 Å². The Labute approximate surface area is 128 Å². The minimum Gasteiger partial charge on any atom is -0.307 e. The van der Waals surface area contributed by atoms with Gasteiger partial charge >= 0.3 is 0 Å². The van der Waals surface area contributed by atoms with E-state index in [0.717, 1.165) is 18.4 Å². The highest BCUT2D eigenvalue weighted by atomic mass is 32.1. The zero-order chi connectivity index (χ0) is 14.8. The SMILES string of the molecule is CC(C)C1CCCCC1NCc1nc(C(C)(C)C)cs1. The third-order valence-electron chi connectivity index (χ3n) is 4.51. The summed E-state index contributed by atoms with van der Waals surface area (Å²) in [6.45, 7) is 12.4. The number of thiazole rings is 1. The van der Waals surface area contributed by atoms with Crippen molar-refractivity contribution >= 4 is 11.3 Å². The Bertz CT molecular complexity index is 417. The smallest absolute Gasteiger partial charge is 0.107 e. The second kappa shape index (κ2) is 6.57.